The predicted molar refractivity (Wildman–Crippen MR) is 81.6 cm³/mol. The van der Waals surface area contributed by atoms with E-state index in [1.807, 2.05) is 42.6 Å². The van der Waals surface area contributed by atoms with Gasteiger partial charge in [0.05, 0.1) is 11.9 Å². The summed E-state index contributed by atoms with van der Waals surface area (Å²) in [5, 5.41) is 4.24. The van der Waals surface area contributed by atoms with Gasteiger partial charge in [-0.25, -0.2) is 0 Å². The van der Waals surface area contributed by atoms with Crippen molar-refractivity contribution in [2.45, 2.75) is 6.92 Å². The van der Waals surface area contributed by atoms with Crippen LogP contribution in [0.1, 0.15) is 11.1 Å². The maximum atomic E-state index is 4.24. The first-order valence-electron chi connectivity index (χ1n) is 5.36. The van der Waals surface area contributed by atoms with Crippen molar-refractivity contribution in [3.8, 4) is 0 Å². The smallest absolute Gasteiger partial charge is 0.0561 e. The fourth-order valence-electron chi connectivity index (χ4n) is 1.45. The molecule has 0 fully saturated rings. The molecule has 1 N–H and O–H groups in total. The molecule has 86 valence electrons. The minimum absolute atomic E-state index is 0.993. The molecule has 0 bridgehead atoms. The third kappa shape index (κ3) is 3.30. The highest BCUT2D eigenvalue weighted by molar-refractivity contribution is 14.1. The van der Waals surface area contributed by atoms with Gasteiger partial charge in [-0.3, -0.25) is 5.43 Å². The molecule has 0 unspecified atom stereocenters. The second kappa shape index (κ2) is 5.82. The van der Waals surface area contributed by atoms with Gasteiger partial charge in [-0.05, 0) is 58.8 Å². The van der Waals surface area contributed by atoms with E-state index in [1.165, 1.54) is 9.13 Å². The number of nitrogens with zero attached hydrogens (tertiary/aromatic N) is 1. The van der Waals surface area contributed by atoms with Gasteiger partial charge in [-0.2, -0.15) is 5.10 Å². The van der Waals surface area contributed by atoms with E-state index in [4.69, 9.17) is 0 Å². The van der Waals surface area contributed by atoms with Crippen LogP contribution in [-0.4, -0.2) is 6.21 Å². The van der Waals surface area contributed by atoms with Gasteiger partial charge in [-0.1, -0.05) is 30.3 Å². The lowest BCUT2D eigenvalue weighted by molar-refractivity contribution is 1.33. The van der Waals surface area contributed by atoms with Crippen molar-refractivity contribution in [1.29, 1.82) is 0 Å². The van der Waals surface area contributed by atoms with Crippen LogP contribution in [0.15, 0.2) is 53.6 Å². The molecule has 0 radical (unpaired) electrons. The molecular weight excluding hydrogens is 323 g/mol. The van der Waals surface area contributed by atoms with Crippen molar-refractivity contribution in [1.82, 2.24) is 0 Å². The Balaban J connectivity index is 2.09. The highest BCUT2D eigenvalue weighted by atomic mass is 127. The zero-order valence-corrected chi connectivity index (χ0v) is 11.7. The number of anilines is 1. The average Bonchev–Trinajstić information content (AvgIpc) is 2.36. The van der Waals surface area contributed by atoms with Crippen molar-refractivity contribution < 1.29 is 0 Å². The molecular formula is C14H13IN2. The molecule has 0 saturated carbocycles. The van der Waals surface area contributed by atoms with E-state index in [2.05, 4.69) is 52.2 Å². The molecule has 3 heteroatoms. The molecule has 0 atom stereocenters. The molecule has 2 nitrogen and oxygen atoms in total. The van der Waals surface area contributed by atoms with Crippen LogP contribution in [0.4, 0.5) is 5.69 Å². The fraction of sp³-hybridized carbons (Fsp3) is 0.0714. The molecule has 0 saturated heterocycles. The van der Waals surface area contributed by atoms with E-state index in [0.29, 0.717) is 0 Å². The van der Waals surface area contributed by atoms with E-state index in [1.54, 1.807) is 0 Å². The van der Waals surface area contributed by atoms with Crippen molar-refractivity contribution >= 4 is 34.5 Å². The quantitative estimate of drug-likeness (QED) is 0.511. The molecule has 0 amide bonds. The molecule has 0 heterocycles. The van der Waals surface area contributed by atoms with Crippen LogP contribution in [0.2, 0.25) is 0 Å². The lowest BCUT2D eigenvalue weighted by Gasteiger charge is -2.02. The Bertz CT molecular complexity index is 521. The number of hydrogen-bond donors (Lipinski definition) is 1. The van der Waals surface area contributed by atoms with E-state index in [-0.39, 0.29) is 0 Å². The van der Waals surface area contributed by atoms with E-state index >= 15 is 0 Å². The maximum absolute atomic E-state index is 4.24. The number of hydrazone groups is 1. The number of benzene rings is 2. The van der Waals surface area contributed by atoms with Gasteiger partial charge >= 0.3 is 0 Å². The molecule has 17 heavy (non-hydrogen) atoms. The van der Waals surface area contributed by atoms with E-state index < -0.39 is 0 Å². The third-order valence-corrected chi connectivity index (χ3v) is 3.65. The Morgan fingerprint density at radius 2 is 1.82 bits per heavy atom. The Kier molecular flexibility index (Phi) is 4.14. The lowest BCUT2D eigenvalue weighted by atomic mass is 10.1. The van der Waals surface area contributed by atoms with Crippen LogP contribution < -0.4 is 5.43 Å². The van der Waals surface area contributed by atoms with Gasteiger partial charge in [0, 0.05) is 3.57 Å². The Morgan fingerprint density at radius 1 is 1.06 bits per heavy atom. The molecule has 0 aliphatic rings. The minimum Gasteiger partial charge on any atom is -0.279 e. The van der Waals surface area contributed by atoms with Crippen molar-refractivity contribution in [3.05, 3.63) is 63.2 Å². The molecule has 0 aliphatic heterocycles. The summed E-state index contributed by atoms with van der Waals surface area (Å²) in [5.74, 6) is 0. The largest absolute Gasteiger partial charge is 0.279 e. The molecule has 0 spiro atoms. The summed E-state index contributed by atoms with van der Waals surface area (Å²) in [6.45, 7) is 2.10. The first-order valence-corrected chi connectivity index (χ1v) is 6.44. The van der Waals surface area contributed by atoms with Crippen LogP contribution in [0.3, 0.4) is 0 Å². The van der Waals surface area contributed by atoms with E-state index in [9.17, 15) is 0 Å². The number of hydrogen-bond acceptors (Lipinski definition) is 2. The minimum atomic E-state index is 0.993. The van der Waals surface area contributed by atoms with Crippen LogP contribution in [0.5, 0.6) is 0 Å². The zero-order chi connectivity index (χ0) is 12.1. The Morgan fingerprint density at radius 3 is 2.59 bits per heavy atom. The van der Waals surface area contributed by atoms with Crippen LogP contribution >= 0.6 is 22.6 Å². The summed E-state index contributed by atoms with van der Waals surface area (Å²) in [6.07, 6.45) is 1.85. The molecule has 2 aromatic carbocycles. The van der Waals surface area contributed by atoms with Crippen molar-refractivity contribution in [3.63, 3.8) is 0 Å². The van der Waals surface area contributed by atoms with Gasteiger partial charge < -0.3 is 0 Å². The SMILES string of the molecule is Cc1c(I)cccc1C=NNc1ccccc1. The van der Waals surface area contributed by atoms with Crippen molar-refractivity contribution in [2.24, 2.45) is 5.10 Å². The number of halogens is 1. The topological polar surface area (TPSA) is 24.4 Å². The van der Waals surface area contributed by atoms with Crippen LogP contribution in [0, 0.1) is 10.5 Å². The number of rotatable bonds is 3. The summed E-state index contributed by atoms with van der Waals surface area (Å²) in [4.78, 5) is 0. The van der Waals surface area contributed by atoms with Crippen LogP contribution in [-0.2, 0) is 0 Å². The first-order chi connectivity index (χ1) is 8.27. The Labute approximate surface area is 115 Å². The molecule has 0 aromatic heterocycles. The first kappa shape index (κ1) is 12.1. The zero-order valence-electron chi connectivity index (χ0n) is 9.52. The second-order valence-corrected chi connectivity index (χ2v) is 4.85. The average molecular weight is 336 g/mol. The van der Waals surface area contributed by atoms with Gasteiger partial charge in [0.1, 0.15) is 0 Å². The third-order valence-electron chi connectivity index (χ3n) is 2.48. The van der Waals surface area contributed by atoms with Gasteiger partial charge in [0.2, 0.25) is 0 Å². The normalized spacial score (nSPS) is 10.7. The van der Waals surface area contributed by atoms with Gasteiger partial charge in [-0.15, -0.1) is 0 Å². The van der Waals surface area contributed by atoms with Crippen LogP contribution in [0.25, 0.3) is 0 Å². The fourth-order valence-corrected chi connectivity index (χ4v) is 1.97. The highest BCUT2D eigenvalue weighted by Crippen LogP contribution is 2.14. The summed E-state index contributed by atoms with van der Waals surface area (Å²) in [7, 11) is 0. The summed E-state index contributed by atoms with van der Waals surface area (Å²) in [6, 6.07) is 16.1. The molecule has 2 aromatic rings. The summed E-state index contributed by atoms with van der Waals surface area (Å²) < 4.78 is 1.26. The van der Waals surface area contributed by atoms with E-state index in [0.717, 1.165) is 11.3 Å². The predicted octanol–water partition coefficient (Wildman–Crippen LogP) is 4.05. The van der Waals surface area contributed by atoms with Gasteiger partial charge in [0.25, 0.3) is 0 Å². The maximum Gasteiger partial charge on any atom is 0.0561 e. The lowest BCUT2D eigenvalue weighted by Crippen LogP contribution is -1.93. The monoisotopic (exact) mass is 336 g/mol. The second-order valence-electron chi connectivity index (χ2n) is 3.69. The highest BCUT2D eigenvalue weighted by Gasteiger charge is 1.97. The number of nitrogens with one attached hydrogen (secondary N) is 1. The van der Waals surface area contributed by atoms with Gasteiger partial charge in [0.15, 0.2) is 0 Å². The van der Waals surface area contributed by atoms with Crippen molar-refractivity contribution in [2.75, 3.05) is 5.43 Å². The Hall–Kier alpha value is -1.36. The molecule has 2 rings (SSSR count). The molecule has 0 aliphatic carbocycles. The standard InChI is InChI=1S/C14H13IN2/c1-11-12(6-5-9-14(11)15)10-16-17-13-7-3-2-4-8-13/h2-10,17H,1H3. The summed E-state index contributed by atoms with van der Waals surface area (Å²) >= 11 is 2.33. The summed E-state index contributed by atoms with van der Waals surface area (Å²) in [5.41, 5.74) is 6.39. The number of para-hydroxylation sites is 1.